The molecule has 1 aliphatic rings. The average molecular weight is 274 g/mol. The first kappa shape index (κ1) is 14.6. The Morgan fingerprint density at radius 3 is 2.55 bits per heavy atom. The summed E-state index contributed by atoms with van der Waals surface area (Å²) in [6.45, 7) is 2.22. The van der Waals surface area contributed by atoms with Gasteiger partial charge in [-0.3, -0.25) is 4.79 Å². The lowest BCUT2D eigenvalue weighted by Gasteiger charge is -2.22. The van der Waals surface area contributed by atoms with E-state index in [0.29, 0.717) is 5.56 Å². The summed E-state index contributed by atoms with van der Waals surface area (Å²) in [4.78, 5) is 11.9. The van der Waals surface area contributed by atoms with Gasteiger partial charge < -0.3 is 5.11 Å². The van der Waals surface area contributed by atoms with E-state index in [1.54, 1.807) is 12.1 Å². The first-order valence-corrected chi connectivity index (χ1v) is 7.34. The van der Waals surface area contributed by atoms with Gasteiger partial charge in [-0.05, 0) is 55.9 Å². The van der Waals surface area contributed by atoms with E-state index in [1.807, 2.05) is 0 Å². The summed E-state index contributed by atoms with van der Waals surface area (Å²) in [7, 11) is 0. The van der Waals surface area contributed by atoms with Crippen molar-refractivity contribution in [1.29, 1.82) is 0 Å². The molecular formula is C16H22N2O2. The van der Waals surface area contributed by atoms with E-state index in [2.05, 4.69) is 17.5 Å². The lowest BCUT2D eigenvalue weighted by molar-refractivity contribution is 0.0954. The smallest absolute Gasteiger partial charge is 0.271 e. The molecule has 1 aromatic rings. The van der Waals surface area contributed by atoms with Gasteiger partial charge in [-0.15, -0.1) is 0 Å². The Kier molecular flexibility index (Phi) is 5.16. The lowest BCUT2D eigenvalue weighted by Crippen LogP contribution is -2.22. The number of rotatable bonds is 4. The van der Waals surface area contributed by atoms with Crippen LogP contribution in [0.25, 0.3) is 0 Å². The van der Waals surface area contributed by atoms with Gasteiger partial charge in [0, 0.05) is 11.3 Å². The number of amides is 1. The maximum atomic E-state index is 11.9. The number of aromatic hydroxyl groups is 1. The largest absolute Gasteiger partial charge is 0.508 e. The van der Waals surface area contributed by atoms with Crippen molar-refractivity contribution in [3.8, 4) is 5.75 Å². The van der Waals surface area contributed by atoms with Crippen molar-refractivity contribution in [2.45, 2.75) is 45.4 Å². The van der Waals surface area contributed by atoms with Gasteiger partial charge >= 0.3 is 0 Å². The van der Waals surface area contributed by atoms with E-state index in [1.165, 1.54) is 37.8 Å². The molecular weight excluding hydrogens is 252 g/mol. The summed E-state index contributed by atoms with van der Waals surface area (Å²) in [6.07, 6.45) is 6.88. The fourth-order valence-electron chi connectivity index (χ4n) is 2.63. The normalized spacial score (nSPS) is 18.6. The van der Waals surface area contributed by atoms with Crippen molar-refractivity contribution in [2.24, 2.45) is 11.0 Å². The van der Waals surface area contributed by atoms with E-state index in [-0.39, 0.29) is 11.7 Å². The second-order valence-corrected chi connectivity index (χ2v) is 5.40. The lowest BCUT2D eigenvalue weighted by atomic mass is 9.85. The second kappa shape index (κ2) is 7.08. The Balaban J connectivity index is 1.84. The van der Waals surface area contributed by atoms with Crippen LogP contribution in [0, 0.1) is 5.92 Å². The van der Waals surface area contributed by atoms with Gasteiger partial charge in [0.25, 0.3) is 5.91 Å². The molecule has 20 heavy (non-hydrogen) atoms. The van der Waals surface area contributed by atoms with Crippen LogP contribution in [0.3, 0.4) is 0 Å². The third-order valence-electron chi connectivity index (χ3n) is 3.82. The summed E-state index contributed by atoms with van der Waals surface area (Å²) in [5, 5.41) is 13.4. The molecule has 1 fully saturated rings. The molecule has 4 heteroatoms. The fraction of sp³-hybridized carbons (Fsp3) is 0.500. The zero-order chi connectivity index (χ0) is 14.4. The van der Waals surface area contributed by atoms with E-state index < -0.39 is 0 Å². The van der Waals surface area contributed by atoms with Crippen molar-refractivity contribution < 1.29 is 9.90 Å². The van der Waals surface area contributed by atoms with Gasteiger partial charge in [-0.25, -0.2) is 5.43 Å². The molecule has 1 amide bonds. The number of carbonyl (C=O) groups is 1. The van der Waals surface area contributed by atoms with Crippen molar-refractivity contribution in [1.82, 2.24) is 5.43 Å². The SMILES string of the molecule is CCCC1CCC(=NNC(=O)c2ccc(O)cc2)CC1. The van der Waals surface area contributed by atoms with E-state index in [0.717, 1.165) is 24.5 Å². The van der Waals surface area contributed by atoms with Crippen LogP contribution in [0.5, 0.6) is 5.75 Å². The highest BCUT2D eigenvalue weighted by Crippen LogP contribution is 2.25. The van der Waals surface area contributed by atoms with Crippen molar-refractivity contribution in [3.63, 3.8) is 0 Å². The average Bonchev–Trinajstić information content (AvgIpc) is 2.47. The van der Waals surface area contributed by atoms with Crippen LogP contribution in [0.15, 0.2) is 29.4 Å². The number of phenols is 1. The molecule has 0 spiro atoms. The van der Waals surface area contributed by atoms with Crippen LogP contribution >= 0.6 is 0 Å². The Morgan fingerprint density at radius 2 is 1.95 bits per heavy atom. The second-order valence-electron chi connectivity index (χ2n) is 5.40. The predicted molar refractivity (Wildman–Crippen MR) is 79.9 cm³/mol. The number of phenolic OH excluding ortho intramolecular Hbond substituents is 1. The standard InChI is InChI=1S/C16H22N2O2/c1-2-3-12-4-8-14(9-5-12)17-18-16(20)13-6-10-15(19)11-7-13/h6-7,10-12,19H,2-5,8-9H2,1H3,(H,18,20). The number of nitrogens with zero attached hydrogens (tertiary/aromatic N) is 1. The Labute approximate surface area is 119 Å². The van der Waals surface area contributed by atoms with Gasteiger partial charge in [0.05, 0.1) is 0 Å². The summed E-state index contributed by atoms with van der Waals surface area (Å²) in [5.41, 5.74) is 4.20. The van der Waals surface area contributed by atoms with E-state index in [4.69, 9.17) is 0 Å². The first-order valence-electron chi connectivity index (χ1n) is 7.34. The molecule has 2 rings (SSSR count). The monoisotopic (exact) mass is 274 g/mol. The molecule has 0 aliphatic heterocycles. The maximum absolute atomic E-state index is 11.9. The van der Waals surface area contributed by atoms with Crippen molar-refractivity contribution in [2.75, 3.05) is 0 Å². The van der Waals surface area contributed by atoms with Crippen molar-refractivity contribution >= 4 is 11.6 Å². The van der Waals surface area contributed by atoms with Gasteiger partial charge in [0.15, 0.2) is 0 Å². The summed E-state index contributed by atoms with van der Waals surface area (Å²) < 4.78 is 0. The molecule has 0 heterocycles. The first-order chi connectivity index (χ1) is 9.69. The third-order valence-corrected chi connectivity index (χ3v) is 3.82. The number of nitrogens with one attached hydrogen (secondary N) is 1. The van der Waals surface area contributed by atoms with Crippen LogP contribution in [0.2, 0.25) is 0 Å². The van der Waals surface area contributed by atoms with Crippen LogP contribution in [0.4, 0.5) is 0 Å². The van der Waals surface area contributed by atoms with Gasteiger partial charge in [-0.2, -0.15) is 5.10 Å². The quantitative estimate of drug-likeness (QED) is 0.826. The molecule has 0 saturated heterocycles. The van der Waals surface area contributed by atoms with E-state index in [9.17, 15) is 9.90 Å². The topological polar surface area (TPSA) is 61.7 Å². The van der Waals surface area contributed by atoms with Gasteiger partial charge in [0.2, 0.25) is 0 Å². The third kappa shape index (κ3) is 4.08. The van der Waals surface area contributed by atoms with Crippen molar-refractivity contribution in [3.05, 3.63) is 29.8 Å². The minimum absolute atomic E-state index is 0.155. The highest BCUT2D eigenvalue weighted by Gasteiger charge is 2.17. The van der Waals surface area contributed by atoms with Crippen LogP contribution < -0.4 is 5.43 Å². The molecule has 4 nitrogen and oxygen atoms in total. The Hall–Kier alpha value is -1.84. The minimum Gasteiger partial charge on any atom is -0.508 e. The van der Waals surface area contributed by atoms with Gasteiger partial charge in [-0.1, -0.05) is 19.8 Å². The maximum Gasteiger partial charge on any atom is 0.271 e. The molecule has 0 atom stereocenters. The summed E-state index contributed by atoms with van der Waals surface area (Å²) >= 11 is 0. The molecule has 1 aliphatic carbocycles. The van der Waals surface area contributed by atoms with Crippen LogP contribution in [-0.4, -0.2) is 16.7 Å². The summed E-state index contributed by atoms with van der Waals surface area (Å²) in [5.74, 6) is 0.752. The Morgan fingerprint density at radius 1 is 1.30 bits per heavy atom. The number of hydrogen-bond acceptors (Lipinski definition) is 3. The highest BCUT2D eigenvalue weighted by atomic mass is 16.3. The number of hydrogen-bond donors (Lipinski definition) is 2. The number of carbonyl (C=O) groups excluding carboxylic acids is 1. The number of benzene rings is 1. The molecule has 108 valence electrons. The van der Waals surface area contributed by atoms with Crippen LogP contribution in [0.1, 0.15) is 55.8 Å². The highest BCUT2D eigenvalue weighted by molar-refractivity contribution is 5.95. The predicted octanol–water partition coefficient (Wildman–Crippen LogP) is 3.47. The zero-order valence-corrected chi connectivity index (χ0v) is 11.9. The fourth-order valence-corrected chi connectivity index (χ4v) is 2.63. The van der Waals surface area contributed by atoms with E-state index >= 15 is 0 Å². The molecule has 0 radical (unpaired) electrons. The van der Waals surface area contributed by atoms with Gasteiger partial charge in [0.1, 0.15) is 5.75 Å². The molecule has 0 unspecified atom stereocenters. The number of hydrazone groups is 1. The molecule has 0 bridgehead atoms. The minimum atomic E-state index is -0.229. The molecule has 1 saturated carbocycles. The molecule has 0 aromatic heterocycles. The molecule has 1 aromatic carbocycles. The Bertz CT molecular complexity index is 470. The van der Waals surface area contributed by atoms with Crippen LogP contribution in [-0.2, 0) is 0 Å². The molecule has 2 N–H and O–H groups in total. The zero-order valence-electron chi connectivity index (χ0n) is 11.9. The summed E-state index contributed by atoms with van der Waals surface area (Å²) in [6, 6.07) is 6.17.